The molecule has 3 fully saturated rings. The van der Waals surface area contributed by atoms with Crippen molar-refractivity contribution < 1.29 is 38.1 Å². The first-order valence-corrected chi connectivity index (χ1v) is 13.1. The number of thiazole rings is 1. The molecule has 0 aliphatic carbocycles. The molecule has 0 aromatic carbocycles. The topological polar surface area (TPSA) is 217 Å². The summed E-state index contributed by atoms with van der Waals surface area (Å²) in [6, 6.07) is -1.32. The Hall–Kier alpha value is -3.11. The average molecular weight is 503 g/mol. The minimum Gasteiger partial charge on any atom is -0.477 e. The summed E-state index contributed by atoms with van der Waals surface area (Å²) in [5.41, 5.74) is 8.54. The highest BCUT2D eigenvalue weighted by molar-refractivity contribution is 8.03. The van der Waals surface area contributed by atoms with Crippen LogP contribution in [0.1, 0.15) is 12.1 Å². The normalized spacial score (nSPS) is 31.0. The number of carbonyl (C=O) groups is 4. The van der Waals surface area contributed by atoms with E-state index in [1.165, 1.54) is 11.6 Å². The Balaban J connectivity index is 1.63. The third-order valence-electron chi connectivity index (χ3n) is 5.74. The van der Waals surface area contributed by atoms with Crippen molar-refractivity contribution in [2.24, 2.45) is 16.8 Å². The fourth-order valence-corrected chi connectivity index (χ4v) is 8.07. The lowest BCUT2D eigenvalue weighted by Crippen LogP contribution is -2.85. The summed E-state index contributed by atoms with van der Waals surface area (Å²) in [4.78, 5) is 59.8. The van der Waals surface area contributed by atoms with Gasteiger partial charge in [-0.25, -0.2) is 9.78 Å². The smallest absolute Gasteiger partial charge is 0.370 e. The van der Waals surface area contributed by atoms with Gasteiger partial charge in [-0.2, -0.15) is 0 Å². The molecular formula is C17H22N6O8S2. The first kappa shape index (κ1) is 23.1. The lowest BCUT2D eigenvalue weighted by atomic mass is 9.89. The number of hydrogen-bond acceptors (Lipinski definition) is 12. The van der Waals surface area contributed by atoms with Gasteiger partial charge in [-0.05, 0) is 6.26 Å². The Bertz CT molecular complexity index is 1120. The van der Waals surface area contributed by atoms with Crippen LogP contribution in [0.25, 0.3) is 0 Å². The molecule has 4 heterocycles. The highest BCUT2D eigenvalue weighted by atomic mass is 32.2. The number of oxime groups is 1. The van der Waals surface area contributed by atoms with Crippen LogP contribution in [-0.4, -0.2) is 91.0 Å². The molecule has 16 heteroatoms. The summed E-state index contributed by atoms with van der Waals surface area (Å²) in [6.45, 7) is 0.138. The highest BCUT2D eigenvalue weighted by Gasteiger charge is 2.74. The molecular weight excluding hydrogens is 480 g/mol. The SMILES string of the molecule is C[SH]1(=O)C[C@@H]2CC(=O)O[C@]2(C(=O)O)N2C(=O)[C@@H](NC(=O)/C(=N\OCCN)c3csc(N)n3)[C@H]21. The second-order valence-corrected chi connectivity index (χ2v) is 12.1. The Morgan fingerprint density at radius 1 is 1.52 bits per heavy atom. The van der Waals surface area contributed by atoms with Crippen molar-refractivity contribution in [3.63, 3.8) is 0 Å². The maximum Gasteiger partial charge on any atom is 0.370 e. The molecule has 1 aromatic heterocycles. The van der Waals surface area contributed by atoms with Gasteiger partial charge in [0.25, 0.3) is 17.5 Å². The lowest BCUT2D eigenvalue weighted by molar-refractivity contribution is -0.216. The predicted molar refractivity (Wildman–Crippen MR) is 116 cm³/mol. The molecule has 33 heavy (non-hydrogen) atoms. The molecule has 180 valence electrons. The number of fused-ring (bicyclic) bond motifs is 3. The van der Waals surface area contributed by atoms with Gasteiger partial charge >= 0.3 is 11.9 Å². The number of β-lactam (4-membered cyclic amide) rings is 1. The molecule has 0 bridgehead atoms. The van der Waals surface area contributed by atoms with Crippen molar-refractivity contribution in [3.05, 3.63) is 11.1 Å². The van der Waals surface area contributed by atoms with Crippen molar-refractivity contribution in [1.29, 1.82) is 0 Å². The maximum absolute atomic E-state index is 13.4. The first-order valence-electron chi connectivity index (χ1n) is 9.79. The van der Waals surface area contributed by atoms with Crippen molar-refractivity contribution in [2.75, 3.05) is 30.9 Å². The van der Waals surface area contributed by atoms with Crippen LogP contribution < -0.4 is 16.8 Å². The van der Waals surface area contributed by atoms with Gasteiger partial charge in [-0.3, -0.25) is 23.5 Å². The van der Waals surface area contributed by atoms with E-state index in [4.69, 9.17) is 21.0 Å². The van der Waals surface area contributed by atoms with Crippen LogP contribution in [0, 0.1) is 5.92 Å². The van der Waals surface area contributed by atoms with Gasteiger partial charge in [-0.15, -0.1) is 11.3 Å². The fourth-order valence-electron chi connectivity index (χ4n) is 4.44. The van der Waals surface area contributed by atoms with E-state index in [0.29, 0.717) is 0 Å². The molecule has 0 saturated carbocycles. The molecule has 4 atom stereocenters. The van der Waals surface area contributed by atoms with E-state index in [1.54, 1.807) is 0 Å². The van der Waals surface area contributed by atoms with E-state index in [9.17, 15) is 28.5 Å². The third-order valence-corrected chi connectivity index (χ3v) is 9.23. The lowest BCUT2D eigenvalue weighted by Gasteiger charge is -2.60. The van der Waals surface area contributed by atoms with E-state index in [0.717, 1.165) is 16.2 Å². The van der Waals surface area contributed by atoms with Crippen LogP contribution in [0.15, 0.2) is 10.5 Å². The summed E-state index contributed by atoms with van der Waals surface area (Å²) in [7, 11) is -3.23. The van der Waals surface area contributed by atoms with Gasteiger partial charge in [0.05, 0.1) is 12.3 Å². The number of ether oxygens (including phenoxy) is 1. The van der Waals surface area contributed by atoms with Crippen LogP contribution in [0.5, 0.6) is 0 Å². The van der Waals surface area contributed by atoms with Gasteiger partial charge < -0.3 is 31.5 Å². The number of aromatic nitrogens is 1. The molecule has 1 aromatic rings. The molecule has 0 spiro atoms. The Morgan fingerprint density at radius 2 is 2.24 bits per heavy atom. The molecule has 3 saturated heterocycles. The fraction of sp³-hybridized carbons (Fsp3) is 0.529. The molecule has 14 nitrogen and oxygen atoms in total. The number of nitrogens with two attached hydrogens (primary N) is 2. The number of nitrogen functional groups attached to an aromatic ring is 1. The minimum absolute atomic E-state index is 0.00715. The molecule has 3 aliphatic heterocycles. The van der Waals surface area contributed by atoms with Crippen molar-refractivity contribution in [2.45, 2.75) is 23.6 Å². The summed E-state index contributed by atoms with van der Waals surface area (Å²) in [5.74, 6) is -5.11. The number of rotatable bonds is 7. The number of anilines is 1. The average Bonchev–Trinajstić information content (AvgIpc) is 3.29. The zero-order valence-electron chi connectivity index (χ0n) is 17.3. The van der Waals surface area contributed by atoms with Gasteiger partial charge in [0.1, 0.15) is 23.7 Å². The summed E-state index contributed by atoms with van der Waals surface area (Å²) >= 11 is 1.05. The van der Waals surface area contributed by atoms with Crippen LogP contribution >= 0.6 is 11.3 Å². The minimum atomic E-state index is -3.23. The third kappa shape index (κ3) is 3.53. The van der Waals surface area contributed by atoms with Gasteiger partial charge in [-0.1, -0.05) is 15.1 Å². The highest BCUT2D eigenvalue weighted by Crippen LogP contribution is 2.50. The number of carbonyl (C=O) groups excluding carboxylic acids is 3. The van der Waals surface area contributed by atoms with Crippen molar-refractivity contribution in [3.8, 4) is 0 Å². The Morgan fingerprint density at radius 3 is 2.85 bits per heavy atom. The molecule has 2 amide bonds. The van der Waals surface area contributed by atoms with Crippen LogP contribution in [0.3, 0.4) is 0 Å². The molecule has 0 unspecified atom stereocenters. The molecule has 6 N–H and O–H groups in total. The van der Waals surface area contributed by atoms with Gasteiger partial charge in [0.15, 0.2) is 10.8 Å². The van der Waals surface area contributed by atoms with E-state index >= 15 is 0 Å². The number of carboxylic acids is 1. The number of esters is 1. The Labute approximate surface area is 191 Å². The standard InChI is InChI=1S/C17H22N6O8S2/c1-33(29)6-7-4-9(24)31-17(7,15(27)28)23-13(26)11(14(23)33)21-12(25)10(22-30-3-2-18)8-5-32-16(19)20-8/h5,7,11,14,33H,2-4,6,18H2,1H3,(H2,19,20)(H,21,25)(H,27,28)/b22-10-/t7-,11+,14+,17+/m0/s1. The number of carboxylic acid groups (broad SMARTS) is 1. The summed E-state index contributed by atoms with van der Waals surface area (Å²) in [6.07, 6.45) is 1.14. The Kier molecular flexibility index (Phi) is 5.61. The number of aliphatic carboxylic acids is 1. The van der Waals surface area contributed by atoms with E-state index < -0.39 is 56.7 Å². The number of amides is 2. The van der Waals surface area contributed by atoms with E-state index in [2.05, 4.69) is 15.5 Å². The number of nitrogens with zero attached hydrogens (tertiary/aromatic N) is 3. The van der Waals surface area contributed by atoms with E-state index in [1.807, 2.05) is 0 Å². The first-order chi connectivity index (χ1) is 15.5. The number of hydrogen-bond donors (Lipinski definition) is 5. The quantitative estimate of drug-likeness (QED) is 0.0634. The van der Waals surface area contributed by atoms with Gasteiger partial charge in [0, 0.05) is 17.7 Å². The molecule has 0 radical (unpaired) electrons. The second-order valence-electron chi connectivity index (χ2n) is 7.94. The second kappa shape index (κ2) is 8.03. The largest absolute Gasteiger partial charge is 0.477 e. The van der Waals surface area contributed by atoms with Crippen LogP contribution in [0.2, 0.25) is 0 Å². The van der Waals surface area contributed by atoms with Crippen LogP contribution in [-0.2, 0) is 38.7 Å². The number of nitrogens with one attached hydrogen (secondary N) is 1. The summed E-state index contributed by atoms with van der Waals surface area (Å²) in [5, 5.41) is 16.5. The van der Waals surface area contributed by atoms with E-state index in [-0.39, 0.29) is 41.9 Å². The number of thiol groups is 1. The van der Waals surface area contributed by atoms with Gasteiger partial charge in [0.2, 0.25) is 0 Å². The molecule has 3 aliphatic rings. The zero-order chi connectivity index (χ0) is 24.1. The molecule has 4 rings (SSSR count). The summed E-state index contributed by atoms with van der Waals surface area (Å²) < 4.78 is 18.5. The zero-order valence-corrected chi connectivity index (χ0v) is 19.0. The van der Waals surface area contributed by atoms with Crippen molar-refractivity contribution >= 4 is 55.9 Å². The monoisotopic (exact) mass is 502 g/mol. The maximum atomic E-state index is 13.4. The predicted octanol–water partition coefficient (Wildman–Crippen LogP) is -2.94. The van der Waals surface area contributed by atoms with Crippen LogP contribution in [0.4, 0.5) is 5.13 Å². The van der Waals surface area contributed by atoms with Crippen molar-refractivity contribution in [1.82, 2.24) is 15.2 Å².